The van der Waals surface area contributed by atoms with Gasteiger partial charge in [-0.3, -0.25) is 4.90 Å². The van der Waals surface area contributed by atoms with Gasteiger partial charge in [0.25, 0.3) is 0 Å². The van der Waals surface area contributed by atoms with E-state index in [2.05, 4.69) is 49.1 Å². The van der Waals surface area contributed by atoms with Crippen LogP contribution in [-0.2, 0) is 6.54 Å². The summed E-state index contributed by atoms with van der Waals surface area (Å²) >= 11 is 0. The van der Waals surface area contributed by atoms with Crippen molar-refractivity contribution in [2.45, 2.75) is 39.3 Å². The Kier molecular flexibility index (Phi) is 4.30. The van der Waals surface area contributed by atoms with Crippen molar-refractivity contribution in [3.8, 4) is 0 Å². The number of nitrogens with one attached hydrogen (secondary N) is 1. The maximum absolute atomic E-state index is 4.32. The zero-order chi connectivity index (χ0) is 12.2. The molecule has 0 fully saturated rings. The quantitative estimate of drug-likeness (QED) is 0.828. The molecule has 0 aliphatic carbocycles. The lowest BCUT2D eigenvalue weighted by Gasteiger charge is -2.35. The first-order chi connectivity index (χ1) is 7.51. The third kappa shape index (κ3) is 2.95. The zero-order valence-corrected chi connectivity index (χ0v) is 11.0. The third-order valence-corrected chi connectivity index (χ3v) is 3.43. The van der Waals surface area contributed by atoms with Crippen LogP contribution in [-0.4, -0.2) is 29.5 Å². The Morgan fingerprint density at radius 1 is 1.44 bits per heavy atom. The standard InChI is InChI=1S/C13H23N3/c1-6-13(2,3)16(5)10-11-8-7-9-15-12(11)14-4/h7-9H,6,10H2,1-5H3,(H,14,15). The second kappa shape index (κ2) is 5.30. The second-order valence-electron chi connectivity index (χ2n) is 4.78. The highest BCUT2D eigenvalue weighted by atomic mass is 15.2. The van der Waals surface area contributed by atoms with Crippen LogP contribution >= 0.6 is 0 Å². The molecule has 16 heavy (non-hydrogen) atoms. The van der Waals surface area contributed by atoms with E-state index in [9.17, 15) is 0 Å². The lowest BCUT2D eigenvalue weighted by Crippen LogP contribution is -2.39. The SMILES string of the molecule is CCC(C)(C)N(C)Cc1cccnc1NC. The smallest absolute Gasteiger partial charge is 0.130 e. The van der Waals surface area contributed by atoms with Gasteiger partial charge >= 0.3 is 0 Å². The molecule has 0 aliphatic heterocycles. The van der Waals surface area contributed by atoms with Crippen molar-refractivity contribution >= 4 is 5.82 Å². The normalized spacial score (nSPS) is 11.9. The van der Waals surface area contributed by atoms with E-state index in [4.69, 9.17) is 0 Å². The average Bonchev–Trinajstić information content (AvgIpc) is 2.29. The minimum Gasteiger partial charge on any atom is -0.373 e. The molecule has 0 spiro atoms. The average molecular weight is 221 g/mol. The van der Waals surface area contributed by atoms with Gasteiger partial charge in [-0.25, -0.2) is 4.98 Å². The Labute approximate surface area is 98.9 Å². The number of hydrogen-bond acceptors (Lipinski definition) is 3. The summed E-state index contributed by atoms with van der Waals surface area (Å²) in [6.45, 7) is 7.68. The molecule has 3 heteroatoms. The van der Waals surface area contributed by atoms with E-state index < -0.39 is 0 Å². The van der Waals surface area contributed by atoms with Crippen molar-refractivity contribution in [1.29, 1.82) is 0 Å². The summed E-state index contributed by atoms with van der Waals surface area (Å²) in [5, 5.41) is 3.13. The summed E-state index contributed by atoms with van der Waals surface area (Å²) in [5.41, 5.74) is 1.47. The fraction of sp³-hybridized carbons (Fsp3) is 0.615. The minimum absolute atomic E-state index is 0.223. The van der Waals surface area contributed by atoms with E-state index in [1.807, 2.05) is 19.3 Å². The molecule has 0 saturated heterocycles. The van der Waals surface area contributed by atoms with Crippen LogP contribution in [0.1, 0.15) is 32.8 Å². The second-order valence-corrected chi connectivity index (χ2v) is 4.78. The number of pyridine rings is 1. The van der Waals surface area contributed by atoms with Crippen LogP contribution in [0.3, 0.4) is 0 Å². The first-order valence-corrected chi connectivity index (χ1v) is 5.84. The number of rotatable bonds is 5. The van der Waals surface area contributed by atoms with Crippen molar-refractivity contribution in [2.24, 2.45) is 0 Å². The molecule has 1 rings (SSSR count). The van der Waals surface area contributed by atoms with Gasteiger partial charge in [-0.15, -0.1) is 0 Å². The Morgan fingerprint density at radius 2 is 2.12 bits per heavy atom. The van der Waals surface area contributed by atoms with Gasteiger partial charge in [-0.2, -0.15) is 0 Å². The molecular formula is C13H23N3. The zero-order valence-electron chi connectivity index (χ0n) is 11.0. The van der Waals surface area contributed by atoms with Gasteiger partial charge in [0.05, 0.1) is 0 Å². The molecule has 1 N–H and O–H groups in total. The third-order valence-electron chi connectivity index (χ3n) is 3.43. The number of nitrogens with zero attached hydrogens (tertiary/aromatic N) is 2. The van der Waals surface area contributed by atoms with Crippen LogP contribution < -0.4 is 5.32 Å². The van der Waals surface area contributed by atoms with E-state index >= 15 is 0 Å². The number of anilines is 1. The maximum Gasteiger partial charge on any atom is 0.130 e. The highest BCUT2D eigenvalue weighted by Crippen LogP contribution is 2.21. The van der Waals surface area contributed by atoms with Gasteiger partial charge in [-0.05, 0) is 33.4 Å². The fourth-order valence-corrected chi connectivity index (χ4v) is 1.53. The molecule has 0 unspecified atom stereocenters. The van der Waals surface area contributed by atoms with Gasteiger partial charge in [0.2, 0.25) is 0 Å². The van der Waals surface area contributed by atoms with Crippen LogP contribution in [0.25, 0.3) is 0 Å². The molecule has 0 radical (unpaired) electrons. The van der Waals surface area contributed by atoms with E-state index in [0.29, 0.717) is 0 Å². The van der Waals surface area contributed by atoms with Gasteiger partial charge in [-0.1, -0.05) is 13.0 Å². The molecular weight excluding hydrogens is 198 g/mol. The first-order valence-electron chi connectivity index (χ1n) is 5.84. The summed E-state index contributed by atoms with van der Waals surface area (Å²) in [4.78, 5) is 6.69. The van der Waals surface area contributed by atoms with E-state index in [-0.39, 0.29) is 5.54 Å². The van der Waals surface area contributed by atoms with Crippen molar-refractivity contribution < 1.29 is 0 Å². The number of aromatic nitrogens is 1. The van der Waals surface area contributed by atoms with Gasteiger partial charge in [0.15, 0.2) is 0 Å². The van der Waals surface area contributed by atoms with Crippen LogP contribution in [0.4, 0.5) is 5.82 Å². The monoisotopic (exact) mass is 221 g/mol. The van der Waals surface area contributed by atoms with E-state index in [1.54, 1.807) is 0 Å². The van der Waals surface area contributed by atoms with E-state index in [0.717, 1.165) is 18.8 Å². The first kappa shape index (κ1) is 13.0. The molecule has 1 heterocycles. The fourth-order valence-electron chi connectivity index (χ4n) is 1.53. The highest BCUT2D eigenvalue weighted by Gasteiger charge is 2.21. The Hall–Kier alpha value is -1.09. The molecule has 1 aromatic heterocycles. The molecule has 90 valence electrons. The molecule has 0 amide bonds. The molecule has 0 bridgehead atoms. The molecule has 0 atom stereocenters. The van der Waals surface area contributed by atoms with Gasteiger partial charge in [0.1, 0.15) is 5.82 Å². The van der Waals surface area contributed by atoms with Crippen LogP contribution in [0.15, 0.2) is 18.3 Å². The minimum atomic E-state index is 0.223. The summed E-state index contributed by atoms with van der Waals surface area (Å²) in [7, 11) is 4.08. The Bertz CT molecular complexity index is 334. The van der Waals surface area contributed by atoms with Crippen molar-refractivity contribution in [1.82, 2.24) is 9.88 Å². The summed E-state index contributed by atoms with van der Waals surface area (Å²) in [5.74, 6) is 0.973. The Morgan fingerprint density at radius 3 is 2.69 bits per heavy atom. The van der Waals surface area contributed by atoms with Gasteiger partial charge < -0.3 is 5.32 Å². The summed E-state index contributed by atoms with van der Waals surface area (Å²) in [6, 6.07) is 4.12. The maximum atomic E-state index is 4.32. The Balaban J connectivity index is 2.80. The van der Waals surface area contributed by atoms with E-state index in [1.165, 1.54) is 5.56 Å². The van der Waals surface area contributed by atoms with Crippen molar-refractivity contribution in [3.05, 3.63) is 23.9 Å². The molecule has 0 saturated carbocycles. The van der Waals surface area contributed by atoms with Crippen molar-refractivity contribution in [3.63, 3.8) is 0 Å². The summed E-state index contributed by atoms with van der Waals surface area (Å²) in [6.07, 6.45) is 2.96. The predicted molar refractivity (Wildman–Crippen MR) is 69.6 cm³/mol. The lowest BCUT2D eigenvalue weighted by atomic mass is 9.99. The molecule has 0 aliphatic rings. The molecule has 1 aromatic rings. The lowest BCUT2D eigenvalue weighted by molar-refractivity contribution is 0.143. The van der Waals surface area contributed by atoms with Gasteiger partial charge in [0, 0.05) is 30.9 Å². The number of hydrogen-bond donors (Lipinski definition) is 1. The van der Waals surface area contributed by atoms with Crippen LogP contribution in [0, 0.1) is 0 Å². The predicted octanol–water partition coefficient (Wildman–Crippen LogP) is 2.74. The topological polar surface area (TPSA) is 28.2 Å². The van der Waals surface area contributed by atoms with Crippen LogP contribution in [0.2, 0.25) is 0 Å². The largest absolute Gasteiger partial charge is 0.373 e. The highest BCUT2D eigenvalue weighted by molar-refractivity contribution is 5.42. The molecule has 3 nitrogen and oxygen atoms in total. The van der Waals surface area contributed by atoms with Crippen LogP contribution in [0.5, 0.6) is 0 Å². The molecule has 0 aromatic carbocycles. The van der Waals surface area contributed by atoms with Crippen molar-refractivity contribution in [2.75, 3.05) is 19.4 Å². The summed E-state index contributed by atoms with van der Waals surface area (Å²) < 4.78 is 0.